The molecule has 20 heavy (non-hydrogen) atoms. The van der Waals surface area contributed by atoms with Crippen LogP contribution in [0.3, 0.4) is 0 Å². The number of benzene rings is 1. The number of hydrogen-bond acceptors (Lipinski definition) is 3. The standard InChI is InChI=1S/C16H21N3S/c1-19-8-10(9-20-2)6-12-11-4-3-5-13-16(11)14(18-17-13)7-15(12)19/h3-5,10,12,15H,6-9H2,1-2H3,(H,17,18)/t10-,12-,15-/m1/s1. The Morgan fingerprint density at radius 1 is 1.45 bits per heavy atom. The first-order chi connectivity index (χ1) is 9.78. The summed E-state index contributed by atoms with van der Waals surface area (Å²) in [6, 6.07) is 7.27. The van der Waals surface area contributed by atoms with Gasteiger partial charge in [0.05, 0.1) is 5.52 Å². The molecule has 1 N–H and O–H groups in total. The minimum absolute atomic E-state index is 0.645. The molecule has 0 amide bonds. The molecule has 1 aromatic heterocycles. The molecule has 2 heterocycles. The number of rotatable bonds is 2. The lowest BCUT2D eigenvalue weighted by Crippen LogP contribution is -2.48. The number of aromatic amines is 1. The summed E-state index contributed by atoms with van der Waals surface area (Å²) in [7, 11) is 2.30. The van der Waals surface area contributed by atoms with Crippen LogP contribution in [0, 0.1) is 5.92 Å². The molecule has 0 bridgehead atoms. The number of piperidine rings is 1. The third-order valence-corrected chi connectivity index (χ3v) is 5.87. The fraction of sp³-hybridized carbons (Fsp3) is 0.562. The fourth-order valence-electron chi connectivity index (χ4n) is 4.26. The summed E-state index contributed by atoms with van der Waals surface area (Å²) in [6.07, 6.45) is 4.68. The summed E-state index contributed by atoms with van der Waals surface area (Å²) in [5.74, 6) is 2.78. The van der Waals surface area contributed by atoms with Crippen LogP contribution in [-0.4, -0.2) is 46.7 Å². The van der Waals surface area contributed by atoms with Gasteiger partial charge in [0.1, 0.15) is 0 Å². The molecule has 3 atom stereocenters. The Labute approximate surface area is 124 Å². The summed E-state index contributed by atoms with van der Waals surface area (Å²) >= 11 is 1.98. The molecule has 1 aliphatic heterocycles. The van der Waals surface area contributed by atoms with Crippen LogP contribution in [0.15, 0.2) is 18.2 Å². The van der Waals surface area contributed by atoms with Crippen molar-refractivity contribution in [2.24, 2.45) is 5.92 Å². The number of nitrogens with one attached hydrogen (secondary N) is 1. The van der Waals surface area contributed by atoms with Gasteiger partial charge in [0, 0.05) is 36.0 Å². The van der Waals surface area contributed by atoms with E-state index in [1.807, 2.05) is 11.8 Å². The summed E-state index contributed by atoms with van der Waals surface area (Å²) in [5, 5.41) is 9.15. The van der Waals surface area contributed by atoms with E-state index in [0.717, 1.165) is 17.9 Å². The SMILES string of the molecule is CSC[C@@H]1C[C@@H]2c3cccc4n[nH]c(c34)C[C@H]2N(C)C1. The van der Waals surface area contributed by atoms with Crippen molar-refractivity contribution in [1.82, 2.24) is 15.1 Å². The van der Waals surface area contributed by atoms with Crippen LogP contribution in [0.2, 0.25) is 0 Å². The smallest absolute Gasteiger partial charge is 0.0926 e. The van der Waals surface area contributed by atoms with E-state index in [1.54, 1.807) is 0 Å². The maximum Gasteiger partial charge on any atom is 0.0926 e. The van der Waals surface area contributed by atoms with Crippen molar-refractivity contribution in [2.75, 3.05) is 25.6 Å². The summed E-state index contributed by atoms with van der Waals surface area (Å²) in [5.41, 5.74) is 4.01. The normalized spacial score (nSPS) is 29.6. The summed E-state index contributed by atoms with van der Waals surface area (Å²) in [4.78, 5) is 2.58. The van der Waals surface area contributed by atoms with Gasteiger partial charge in [-0.2, -0.15) is 16.9 Å². The number of H-pyrrole nitrogens is 1. The second-order valence-corrected chi connectivity index (χ2v) is 7.23. The van der Waals surface area contributed by atoms with Crippen molar-refractivity contribution >= 4 is 22.7 Å². The lowest BCUT2D eigenvalue weighted by Gasteiger charge is -2.45. The van der Waals surface area contributed by atoms with Crippen molar-refractivity contribution in [2.45, 2.75) is 24.8 Å². The first-order valence-corrected chi connectivity index (χ1v) is 8.82. The minimum atomic E-state index is 0.645. The molecule has 0 unspecified atom stereocenters. The van der Waals surface area contributed by atoms with E-state index in [2.05, 4.69) is 46.6 Å². The summed E-state index contributed by atoms with van der Waals surface area (Å²) in [6.45, 7) is 1.24. The largest absolute Gasteiger partial charge is 0.302 e. The van der Waals surface area contributed by atoms with E-state index >= 15 is 0 Å². The molecule has 1 saturated heterocycles. The quantitative estimate of drug-likeness (QED) is 0.921. The van der Waals surface area contributed by atoms with Crippen molar-refractivity contribution in [3.63, 3.8) is 0 Å². The van der Waals surface area contributed by atoms with Crippen molar-refractivity contribution in [3.8, 4) is 0 Å². The number of aromatic nitrogens is 2. The van der Waals surface area contributed by atoms with Crippen LogP contribution in [0.5, 0.6) is 0 Å². The van der Waals surface area contributed by atoms with E-state index in [9.17, 15) is 0 Å². The zero-order chi connectivity index (χ0) is 13.7. The first-order valence-electron chi connectivity index (χ1n) is 7.43. The third kappa shape index (κ3) is 1.81. The molecule has 1 aliphatic carbocycles. The summed E-state index contributed by atoms with van der Waals surface area (Å²) < 4.78 is 0. The highest BCUT2D eigenvalue weighted by atomic mass is 32.2. The molecule has 2 aliphatic rings. The number of likely N-dealkylation sites (N-methyl/N-ethyl adjacent to an activating group) is 1. The topological polar surface area (TPSA) is 31.9 Å². The van der Waals surface area contributed by atoms with Crippen molar-refractivity contribution in [1.29, 1.82) is 0 Å². The number of thioether (sulfide) groups is 1. The first kappa shape index (κ1) is 12.7. The van der Waals surface area contributed by atoms with Gasteiger partial charge in [-0.1, -0.05) is 12.1 Å². The molecule has 0 radical (unpaired) electrons. The molecule has 2 aromatic rings. The van der Waals surface area contributed by atoms with Crippen LogP contribution < -0.4 is 0 Å². The zero-order valence-electron chi connectivity index (χ0n) is 12.1. The lowest BCUT2D eigenvalue weighted by molar-refractivity contribution is 0.120. The van der Waals surface area contributed by atoms with Crippen LogP contribution in [0.1, 0.15) is 23.6 Å². The van der Waals surface area contributed by atoms with E-state index in [0.29, 0.717) is 12.0 Å². The fourth-order valence-corrected chi connectivity index (χ4v) is 4.97. The van der Waals surface area contributed by atoms with Crippen LogP contribution in [0.25, 0.3) is 10.9 Å². The highest BCUT2D eigenvalue weighted by Gasteiger charge is 2.39. The molecule has 0 spiro atoms. The predicted molar refractivity (Wildman–Crippen MR) is 85.4 cm³/mol. The van der Waals surface area contributed by atoms with E-state index in [1.165, 1.54) is 35.4 Å². The second kappa shape index (κ2) is 4.78. The molecule has 4 rings (SSSR count). The number of hydrogen-bond donors (Lipinski definition) is 1. The lowest BCUT2D eigenvalue weighted by atomic mass is 9.73. The van der Waals surface area contributed by atoms with Crippen molar-refractivity contribution < 1.29 is 0 Å². The highest BCUT2D eigenvalue weighted by molar-refractivity contribution is 7.98. The average Bonchev–Trinajstić information content (AvgIpc) is 2.86. The minimum Gasteiger partial charge on any atom is -0.302 e. The number of likely N-dealkylation sites (tertiary alicyclic amines) is 1. The molecular formula is C16H21N3S. The van der Waals surface area contributed by atoms with E-state index in [-0.39, 0.29) is 0 Å². The molecule has 1 fully saturated rings. The zero-order valence-corrected chi connectivity index (χ0v) is 12.9. The Morgan fingerprint density at radius 3 is 3.20 bits per heavy atom. The molecule has 0 saturated carbocycles. The van der Waals surface area contributed by atoms with Gasteiger partial charge in [0.2, 0.25) is 0 Å². The average molecular weight is 287 g/mol. The molecule has 4 heteroatoms. The monoisotopic (exact) mass is 287 g/mol. The number of fused-ring (bicyclic) bond motifs is 2. The molecular weight excluding hydrogens is 266 g/mol. The highest BCUT2D eigenvalue weighted by Crippen LogP contribution is 2.43. The molecule has 1 aromatic carbocycles. The second-order valence-electron chi connectivity index (χ2n) is 6.32. The van der Waals surface area contributed by atoms with Crippen LogP contribution in [0.4, 0.5) is 0 Å². The van der Waals surface area contributed by atoms with Gasteiger partial charge in [-0.3, -0.25) is 5.10 Å². The van der Waals surface area contributed by atoms with Gasteiger partial charge in [0.15, 0.2) is 0 Å². The Balaban J connectivity index is 1.79. The van der Waals surface area contributed by atoms with Gasteiger partial charge in [-0.15, -0.1) is 0 Å². The Kier molecular flexibility index (Phi) is 3.04. The van der Waals surface area contributed by atoms with Gasteiger partial charge in [0.25, 0.3) is 0 Å². The van der Waals surface area contributed by atoms with Gasteiger partial charge in [-0.05, 0) is 43.0 Å². The van der Waals surface area contributed by atoms with Gasteiger partial charge < -0.3 is 4.90 Å². The van der Waals surface area contributed by atoms with Crippen molar-refractivity contribution in [3.05, 3.63) is 29.5 Å². The van der Waals surface area contributed by atoms with Crippen LogP contribution >= 0.6 is 11.8 Å². The molecule has 106 valence electrons. The Morgan fingerprint density at radius 2 is 2.35 bits per heavy atom. The Hall–Kier alpha value is -1.00. The predicted octanol–water partition coefficient (Wildman–Crippen LogP) is 2.89. The maximum atomic E-state index is 4.48. The van der Waals surface area contributed by atoms with E-state index in [4.69, 9.17) is 0 Å². The van der Waals surface area contributed by atoms with E-state index < -0.39 is 0 Å². The maximum absolute atomic E-state index is 4.48. The molecule has 3 nitrogen and oxygen atoms in total. The number of nitrogens with zero attached hydrogens (tertiary/aromatic N) is 2. The third-order valence-electron chi connectivity index (χ3n) is 5.07. The van der Waals surface area contributed by atoms with Crippen LogP contribution in [-0.2, 0) is 6.42 Å². The van der Waals surface area contributed by atoms with Gasteiger partial charge in [-0.25, -0.2) is 0 Å². The Bertz CT molecular complexity index is 636. The van der Waals surface area contributed by atoms with Gasteiger partial charge >= 0.3 is 0 Å².